The predicted octanol–water partition coefficient (Wildman–Crippen LogP) is 5.03. The molecule has 0 saturated carbocycles. The molecule has 0 spiro atoms. The van der Waals surface area contributed by atoms with Crippen molar-refractivity contribution in [2.45, 2.75) is 44.0 Å². The molecule has 4 rings (SSSR count). The van der Waals surface area contributed by atoms with Gasteiger partial charge in [0.15, 0.2) is 4.80 Å². The summed E-state index contributed by atoms with van der Waals surface area (Å²) < 4.78 is 29.7. The Kier molecular flexibility index (Phi) is 6.51. The molecule has 1 fully saturated rings. The number of hydrogen-bond donors (Lipinski definition) is 0. The topological polar surface area (TPSA) is 54.7 Å². The van der Waals surface area contributed by atoms with E-state index in [4.69, 9.17) is 4.99 Å². The molecule has 158 valence electrons. The number of benzene rings is 2. The molecule has 0 N–H and O–H groups in total. The van der Waals surface area contributed by atoms with Gasteiger partial charge in [-0.15, -0.1) is 11.3 Å². The second kappa shape index (κ2) is 9.29. The molecule has 5 nitrogen and oxygen atoms in total. The molecule has 1 aliphatic heterocycles. The van der Waals surface area contributed by atoms with Crippen molar-refractivity contribution in [2.75, 3.05) is 13.1 Å². The molecule has 30 heavy (non-hydrogen) atoms. The number of aromatic nitrogens is 1. The summed E-state index contributed by atoms with van der Waals surface area (Å²) in [5.74, 6) is 0. The Morgan fingerprint density at radius 1 is 0.967 bits per heavy atom. The number of nitrogens with zero attached hydrogens (tertiary/aromatic N) is 3. The number of para-hydroxylation sites is 1. The van der Waals surface area contributed by atoms with Gasteiger partial charge in [0.25, 0.3) is 0 Å². The van der Waals surface area contributed by atoms with E-state index < -0.39 is 10.0 Å². The van der Waals surface area contributed by atoms with Crippen LogP contribution >= 0.6 is 11.3 Å². The molecule has 2 heterocycles. The quantitative estimate of drug-likeness (QED) is 0.538. The third kappa shape index (κ3) is 4.43. The Labute approximate surface area is 182 Å². The highest BCUT2D eigenvalue weighted by Crippen LogP contribution is 2.25. The molecule has 0 radical (unpaired) electrons. The number of piperidine rings is 1. The highest BCUT2D eigenvalue weighted by atomic mass is 32.2. The van der Waals surface area contributed by atoms with Gasteiger partial charge in [-0.05, 0) is 49.1 Å². The average molecular weight is 442 g/mol. The van der Waals surface area contributed by atoms with Gasteiger partial charge in [-0.2, -0.15) is 4.31 Å². The van der Waals surface area contributed by atoms with E-state index >= 15 is 0 Å². The van der Waals surface area contributed by atoms with Crippen molar-refractivity contribution in [3.63, 3.8) is 0 Å². The van der Waals surface area contributed by atoms with E-state index in [1.165, 1.54) is 0 Å². The van der Waals surface area contributed by atoms with Crippen LogP contribution in [-0.2, 0) is 16.6 Å². The summed E-state index contributed by atoms with van der Waals surface area (Å²) in [6.45, 7) is 4.25. The van der Waals surface area contributed by atoms with Crippen molar-refractivity contribution < 1.29 is 8.42 Å². The summed E-state index contributed by atoms with van der Waals surface area (Å²) in [6, 6.07) is 17.2. The van der Waals surface area contributed by atoms with E-state index in [9.17, 15) is 8.42 Å². The molecule has 0 bridgehead atoms. The van der Waals surface area contributed by atoms with E-state index in [1.807, 2.05) is 42.5 Å². The highest BCUT2D eigenvalue weighted by molar-refractivity contribution is 7.89. The molecule has 1 saturated heterocycles. The monoisotopic (exact) mass is 441 g/mol. The maximum Gasteiger partial charge on any atom is 0.243 e. The van der Waals surface area contributed by atoms with Crippen molar-refractivity contribution in [2.24, 2.45) is 4.99 Å². The van der Waals surface area contributed by atoms with Crippen LogP contribution in [0.3, 0.4) is 0 Å². The van der Waals surface area contributed by atoms with E-state index in [0.717, 1.165) is 54.0 Å². The Bertz CT molecular complexity index is 1140. The summed E-state index contributed by atoms with van der Waals surface area (Å²) >= 11 is 1.61. The van der Waals surface area contributed by atoms with Crippen LogP contribution in [0.4, 0.5) is 5.69 Å². The number of thiazole rings is 1. The predicted molar refractivity (Wildman–Crippen MR) is 122 cm³/mol. The third-order valence-electron chi connectivity index (χ3n) is 5.33. The molecular weight excluding hydrogens is 414 g/mol. The van der Waals surface area contributed by atoms with Gasteiger partial charge in [0.1, 0.15) is 0 Å². The maximum absolute atomic E-state index is 12.9. The lowest BCUT2D eigenvalue weighted by molar-refractivity contribution is 0.346. The summed E-state index contributed by atoms with van der Waals surface area (Å²) in [5, 5.41) is 2.10. The largest absolute Gasteiger partial charge is 0.316 e. The first kappa shape index (κ1) is 21.0. The van der Waals surface area contributed by atoms with Gasteiger partial charge in [0.05, 0.1) is 16.3 Å². The highest BCUT2D eigenvalue weighted by Gasteiger charge is 2.25. The van der Waals surface area contributed by atoms with Gasteiger partial charge in [-0.25, -0.2) is 13.4 Å². The van der Waals surface area contributed by atoms with Crippen molar-refractivity contribution in [3.05, 3.63) is 64.8 Å². The minimum absolute atomic E-state index is 0.375. The Morgan fingerprint density at radius 3 is 2.33 bits per heavy atom. The van der Waals surface area contributed by atoms with Crippen LogP contribution < -0.4 is 4.80 Å². The Hall–Kier alpha value is -2.22. The second-order valence-corrected chi connectivity index (χ2v) is 10.3. The van der Waals surface area contributed by atoms with E-state index in [0.29, 0.717) is 18.0 Å². The van der Waals surface area contributed by atoms with Crippen LogP contribution in [0, 0.1) is 0 Å². The summed E-state index contributed by atoms with van der Waals surface area (Å²) in [5.41, 5.74) is 3.00. The number of rotatable bonds is 6. The van der Waals surface area contributed by atoms with E-state index in [2.05, 4.69) is 16.9 Å². The first-order valence-electron chi connectivity index (χ1n) is 10.5. The molecule has 0 unspecified atom stereocenters. The fourth-order valence-corrected chi connectivity index (χ4v) is 6.23. The molecule has 1 aliphatic rings. The smallest absolute Gasteiger partial charge is 0.243 e. The molecule has 0 amide bonds. The van der Waals surface area contributed by atoms with Gasteiger partial charge in [0, 0.05) is 25.0 Å². The van der Waals surface area contributed by atoms with Crippen LogP contribution in [0.2, 0.25) is 0 Å². The summed E-state index contributed by atoms with van der Waals surface area (Å²) in [7, 11) is -3.41. The molecule has 0 atom stereocenters. The van der Waals surface area contributed by atoms with Crippen LogP contribution in [0.5, 0.6) is 0 Å². The lowest BCUT2D eigenvalue weighted by Crippen LogP contribution is -2.35. The fraction of sp³-hybridized carbons (Fsp3) is 0.348. The zero-order valence-electron chi connectivity index (χ0n) is 17.2. The fourth-order valence-electron chi connectivity index (χ4n) is 3.75. The van der Waals surface area contributed by atoms with Crippen molar-refractivity contribution in [1.29, 1.82) is 0 Å². The van der Waals surface area contributed by atoms with Gasteiger partial charge in [-0.1, -0.05) is 43.7 Å². The van der Waals surface area contributed by atoms with Crippen LogP contribution in [0.1, 0.15) is 32.6 Å². The van der Waals surface area contributed by atoms with Crippen molar-refractivity contribution in [1.82, 2.24) is 8.87 Å². The Morgan fingerprint density at radius 2 is 1.67 bits per heavy atom. The first-order valence-corrected chi connectivity index (χ1v) is 12.8. The molecule has 2 aromatic carbocycles. The Balaban J connectivity index is 1.67. The van der Waals surface area contributed by atoms with Crippen LogP contribution in [0.25, 0.3) is 11.3 Å². The lowest BCUT2D eigenvalue weighted by atomic mass is 10.2. The zero-order valence-corrected chi connectivity index (χ0v) is 18.8. The first-order chi connectivity index (χ1) is 14.6. The number of sulfonamides is 1. The number of hydrogen-bond acceptors (Lipinski definition) is 4. The minimum atomic E-state index is -3.41. The molecule has 1 aromatic heterocycles. The van der Waals surface area contributed by atoms with Gasteiger partial charge in [0.2, 0.25) is 10.0 Å². The zero-order chi connectivity index (χ0) is 21.0. The van der Waals surface area contributed by atoms with Crippen LogP contribution in [0.15, 0.2) is 69.9 Å². The van der Waals surface area contributed by atoms with E-state index in [-0.39, 0.29) is 0 Å². The standard InChI is InChI=1S/C23H27N3O2S2/c1-2-15-26-22(18-29-23(26)24-20-9-5-3-6-10-20)19-11-13-21(14-12-19)30(27,28)25-16-7-4-8-17-25/h3,5-6,9-14,18H,2,4,7-8,15-17H2,1H3. The van der Waals surface area contributed by atoms with Gasteiger partial charge in [-0.3, -0.25) is 0 Å². The van der Waals surface area contributed by atoms with Crippen molar-refractivity contribution in [3.8, 4) is 11.3 Å². The molecule has 0 aliphatic carbocycles. The minimum Gasteiger partial charge on any atom is -0.316 e. The molecule has 7 heteroatoms. The lowest BCUT2D eigenvalue weighted by Gasteiger charge is -2.25. The molecule has 3 aromatic rings. The SMILES string of the molecule is CCCn1c(-c2ccc(S(=O)(=O)N3CCCCC3)cc2)csc1=Nc1ccccc1. The third-order valence-corrected chi connectivity index (χ3v) is 8.11. The maximum atomic E-state index is 12.9. The summed E-state index contributed by atoms with van der Waals surface area (Å²) in [6.07, 6.45) is 3.98. The normalized spacial score (nSPS) is 16.1. The van der Waals surface area contributed by atoms with Crippen LogP contribution in [-0.4, -0.2) is 30.4 Å². The summed E-state index contributed by atoms with van der Waals surface area (Å²) in [4.78, 5) is 6.12. The van der Waals surface area contributed by atoms with E-state index in [1.54, 1.807) is 27.8 Å². The average Bonchev–Trinajstić information content (AvgIpc) is 3.17. The second-order valence-electron chi connectivity index (χ2n) is 7.49. The van der Waals surface area contributed by atoms with Crippen molar-refractivity contribution >= 4 is 27.0 Å². The van der Waals surface area contributed by atoms with Gasteiger partial charge >= 0.3 is 0 Å². The molecular formula is C23H27N3O2S2. The van der Waals surface area contributed by atoms with Gasteiger partial charge < -0.3 is 4.57 Å².